The van der Waals surface area contributed by atoms with Crippen molar-refractivity contribution in [2.45, 2.75) is 23.5 Å². The number of benzene rings is 2. The molecule has 1 N–H and O–H groups in total. The molecule has 1 saturated heterocycles. The van der Waals surface area contributed by atoms with Crippen LogP contribution in [0.25, 0.3) is 11.3 Å². The first-order chi connectivity index (χ1) is 17.4. The second-order valence-corrected chi connectivity index (χ2v) is 13.4. The second-order valence-electron chi connectivity index (χ2n) is 8.62. The summed E-state index contributed by atoms with van der Waals surface area (Å²) in [5, 5.41) is 5.40. The van der Waals surface area contributed by atoms with Crippen molar-refractivity contribution in [3.63, 3.8) is 0 Å². The number of sulfonamides is 1. The van der Waals surface area contributed by atoms with E-state index < -0.39 is 10.0 Å². The van der Waals surface area contributed by atoms with Crippen molar-refractivity contribution in [2.75, 3.05) is 18.4 Å². The van der Waals surface area contributed by atoms with Crippen LogP contribution in [0, 0.1) is 5.92 Å². The van der Waals surface area contributed by atoms with Gasteiger partial charge in [-0.3, -0.25) is 4.79 Å². The van der Waals surface area contributed by atoms with Crippen LogP contribution in [0.1, 0.15) is 24.0 Å². The van der Waals surface area contributed by atoms with Gasteiger partial charge in [0.1, 0.15) is 4.21 Å². The Morgan fingerprint density at radius 2 is 1.69 bits per heavy atom. The number of thiophene rings is 1. The molecular formula is C26H24ClN3O3S3. The molecule has 6 nitrogen and oxygen atoms in total. The number of thiazole rings is 1. The lowest BCUT2D eigenvalue weighted by Crippen LogP contribution is -2.41. The van der Waals surface area contributed by atoms with Crippen molar-refractivity contribution in [3.05, 3.63) is 87.6 Å². The maximum atomic E-state index is 12.8. The number of rotatable bonds is 7. The summed E-state index contributed by atoms with van der Waals surface area (Å²) in [6.07, 6.45) is 1.80. The minimum atomic E-state index is -3.57. The lowest BCUT2D eigenvalue weighted by Gasteiger charge is -2.29. The van der Waals surface area contributed by atoms with E-state index in [-0.39, 0.29) is 16.0 Å². The van der Waals surface area contributed by atoms with Crippen LogP contribution in [-0.2, 0) is 21.2 Å². The molecule has 1 aliphatic rings. The van der Waals surface area contributed by atoms with Gasteiger partial charge in [0.25, 0.3) is 10.0 Å². The fourth-order valence-electron chi connectivity index (χ4n) is 4.22. The van der Waals surface area contributed by atoms with Gasteiger partial charge in [-0.25, -0.2) is 13.4 Å². The van der Waals surface area contributed by atoms with E-state index in [1.54, 1.807) is 6.07 Å². The summed E-state index contributed by atoms with van der Waals surface area (Å²) in [6.45, 7) is 0.600. The Morgan fingerprint density at radius 1 is 1.00 bits per heavy atom. The van der Waals surface area contributed by atoms with E-state index in [4.69, 9.17) is 11.6 Å². The minimum Gasteiger partial charge on any atom is -0.302 e. The van der Waals surface area contributed by atoms with E-state index in [0.717, 1.165) is 29.0 Å². The third-order valence-electron chi connectivity index (χ3n) is 6.20. The first kappa shape index (κ1) is 25.1. The molecule has 0 saturated carbocycles. The van der Waals surface area contributed by atoms with Crippen LogP contribution in [0.15, 0.2) is 76.3 Å². The number of hydrogen-bond donors (Lipinski definition) is 1. The molecule has 0 atom stereocenters. The number of carbonyl (C=O) groups excluding carboxylic acids is 1. The molecule has 3 heterocycles. The Labute approximate surface area is 223 Å². The van der Waals surface area contributed by atoms with Gasteiger partial charge in [-0.15, -0.1) is 22.7 Å². The van der Waals surface area contributed by atoms with Crippen LogP contribution in [0.4, 0.5) is 5.13 Å². The number of anilines is 1. The molecule has 186 valence electrons. The topological polar surface area (TPSA) is 79.4 Å². The Balaban J connectivity index is 1.16. The van der Waals surface area contributed by atoms with Gasteiger partial charge in [0, 0.05) is 30.0 Å². The average Bonchev–Trinajstić information content (AvgIpc) is 3.55. The highest BCUT2D eigenvalue weighted by molar-refractivity contribution is 7.91. The fraction of sp³-hybridized carbons (Fsp3) is 0.231. The van der Waals surface area contributed by atoms with Crippen LogP contribution in [-0.4, -0.2) is 36.7 Å². The Kier molecular flexibility index (Phi) is 7.55. The molecule has 0 unspecified atom stereocenters. The zero-order valence-corrected chi connectivity index (χ0v) is 22.5. The lowest BCUT2D eigenvalue weighted by molar-refractivity contribution is -0.120. The summed E-state index contributed by atoms with van der Waals surface area (Å²) in [5.41, 5.74) is 4.31. The Bertz CT molecular complexity index is 1440. The first-order valence-corrected chi connectivity index (χ1v) is 15.0. The van der Waals surface area contributed by atoms with E-state index in [9.17, 15) is 13.2 Å². The predicted octanol–water partition coefficient (Wildman–Crippen LogP) is 6.16. The third kappa shape index (κ3) is 5.71. The van der Waals surface area contributed by atoms with Gasteiger partial charge in [-0.05, 0) is 42.5 Å². The van der Waals surface area contributed by atoms with Gasteiger partial charge in [0.15, 0.2) is 5.13 Å². The quantitative estimate of drug-likeness (QED) is 0.295. The molecule has 2 aromatic carbocycles. The number of piperidine rings is 1. The Hall–Kier alpha value is -2.56. The number of nitrogens with zero attached hydrogens (tertiary/aromatic N) is 2. The molecule has 4 aromatic rings. The molecule has 2 aromatic heterocycles. The van der Waals surface area contributed by atoms with Crippen LogP contribution in [0.3, 0.4) is 0 Å². The summed E-state index contributed by atoms with van der Waals surface area (Å²) in [4.78, 5) is 17.4. The van der Waals surface area contributed by atoms with E-state index in [1.165, 1.54) is 32.8 Å². The van der Waals surface area contributed by atoms with Crippen molar-refractivity contribution < 1.29 is 13.2 Å². The maximum Gasteiger partial charge on any atom is 0.252 e. The van der Waals surface area contributed by atoms with Gasteiger partial charge in [0.2, 0.25) is 5.91 Å². The molecule has 0 aliphatic carbocycles. The van der Waals surface area contributed by atoms with E-state index >= 15 is 0 Å². The first-order valence-electron chi connectivity index (χ1n) is 11.5. The van der Waals surface area contributed by atoms with Crippen LogP contribution in [0.5, 0.6) is 0 Å². The van der Waals surface area contributed by atoms with Crippen molar-refractivity contribution >= 4 is 55.3 Å². The van der Waals surface area contributed by atoms with E-state index in [0.29, 0.717) is 35.4 Å². The summed E-state index contributed by atoms with van der Waals surface area (Å²) in [7, 11) is -3.57. The number of nitrogens with one attached hydrogen (secondary N) is 1. The van der Waals surface area contributed by atoms with Crippen molar-refractivity contribution in [1.29, 1.82) is 0 Å². The molecule has 1 aliphatic heterocycles. The van der Waals surface area contributed by atoms with Crippen LogP contribution < -0.4 is 5.32 Å². The number of hydrogen-bond acceptors (Lipinski definition) is 6. The third-order valence-corrected chi connectivity index (χ3v) is 10.6. The molecule has 10 heteroatoms. The smallest absolute Gasteiger partial charge is 0.252 e. The van der Waals surface area contributed by atoms with Gasteiger partial charge in [-0.2, -0.15) is 4.31 Å². The summed E-state index contributed by atoms with van der Waals surface area (Å²) in [5.74, 6) is -0.377. The van der Waals surface area contributed by atoms with Crippen LogP contribution in [0.2, 0.25) is 4.34 Å². The monoisotopic (exact) mass is 557 g/mol. The Morgan fingerprint density at radius 3 is 2.36 bits per heavy atom. The maximum absolute atomic E-state index is 12.8. The summed E-state index contributed by atoms with van der Waals surface area (Å²) >= 11 is 8.34. The fourth-order valence-corrected chi connectivity index (χ4v) is 8.05. The highest BCUT2D eigenvalue weighted by Crippen LogP contribution is 2.31. The van der Waals surface area contributed by atoms with Gasteiger partial charge < -0.3 is 5.32 Å². The van der Waals surface area contributed by atoms with Gasteiger partial charge in [-0.1, -0.05) is 66.2 Å². The zero-order valence-electron chi connectivity index (χ0n) is 19.3. The summed E-state index contributed by atoms with van der Waals surface area (Å²) < 4.78 is 27.7. The number of halogens is 1. The molecule has 1 fully saturated rings. The van der Waals surface area contributed by atoms with Crippen molar-refractivity contribution in [1.82, 2.24) is 9.29 Å². The molecule has 0 bridgehead atoms. The standard InChI is InChI=1S/C26H24ClN3O3S3/c27-23-10-11-24(35-23)36(32,33)30-14-12-21(13-15-30)25(31)29-26-28-22(17-34-26)20-8-6-19(7-9-20)16-18-4-2-1-3-5-18/h1-11,17,21H,12-16H2,(H,28,29,31). The van der Waals surface area contributed by atoms with Gasteiger partial charge >= 0.3 is 0 Å². The van der Waals surface area contributed by atoms with Gasteiger partial charge in [0.05, 0.1) is 10.0 Å². The zero-order chi connectivity index (χ0) is 25.1. The number of aromatic nitrogens is 1. The normalized spacial score (nSPS) is 15.1. The molecular weight excluding hydrogens is 534 g/mol. The largest absolute Gasteiger partial charge is 0.302 e. The number of carbonyl (C=O) groups is 1. The molecule has 36 heavy (non-hydrogen) atoms. The highest BCUT2D eigenvalue weighted by Gasteiger charge is 2.33. The lowest BCUT2D eigenvalue weighted by atomic mass is 9.97. The van der Waals surface area contributed by atoms with Crippen LogP contribution >= 0.6 is 34.3 Å². The van der Waals surface area contributed by atoms with E-state index in [1.807, 2.05) is 23.6 Å². The molecule has 0 spiro atoms. The highest BCUT2D eigenvalue weighted by atomic mass is 35.5. The predicted molar refractivity (Wildman–Crippen MR) is 146 cm³/mol. The summed E-state index contributed by atoms with van der Waals surface area (Å²) in [6, 6.07) is 21.8. The second kappa shape index (κ2) is 10.8. The number of amides is 1. The molecule has 1 amide bonds. The molecule has 0 radical (unpaired) electrons. The average molecular weight is 558 g/mol. The molecule has 5 rings (SSSR count). The SMILES string of the molecule is O=C(Nc1nc(-c2ccc(Cc3ccccc3)cc2)cs1)C1CCN(S(=O)(=O)c2ccc(Cl)s2)CC1. The van der Waals surface area contributed by atoms with E-state index in [2.05, 4.69) is 46.7 Å². The minimum absolute atomic E-state index is 0.120. The van der Waals surface area contributed by atoms with Crippen molar-refractivity contribution in [3.8, 4) is 11.3 Å². The van der Waals surface area contributed by atoms with Crippen molar-refractivity contribution in [2.24, 2.45) is 5.92 Å².